The molecule has 32 heavy (non-hydrogen) atoms. The normalized spacial score (nSPS) is 29.1. The van der Waals surface area contributed by atoms with Crippen LogP contribution in [0.5, 0.6) is 0 Å². The fourth-order valence-electron chi connectivity index (χ4n) is 5.20. The van der Waals surface area contributed by atoms with Crippen LogP contribution in [0, 0.1) is 5.41 Å². The van der Waals surface area contributed by atoms with Crippen LogP contribution in [0.3, 0.4) is 0 Å². The van der Waals surface area contributed by atoms with E-state index in [9.17, 15) is 8.42 Å². The van der Waals surface area contributed by atoms with Crippen molar-refractivity contribution >= 4 is 15.8 Å². The summed E-state index contributed by atoms with van der Waals surface area (Å²) >= 11 is 0. The molecule has 2 atom stereocenters. The van der Waals surface area contributed by atoms with E-state index in [2.05, 4.69) is 51.9 Å². The van der Waals surface area contributed by atoms with Crippen molar-refractivity contribution < 1.29 is 13.2 Å². The number of benzene rings is 1. The summed E-state index contributed by atoms with van der Waals surface area (Å²) in [7, 11) is -3.30. The van der Waals surface area contributed by atoms with E-state index in [1.807, 2.05) is 18.2 Å². The Bertz CT molecular complexity index is 962. The molecule has 7 heteroatoms. The number of hydrogen-bond acceptors (Lipinski definition) is 5. The van der Waals surface area contributed by atoms with Crippen LogP contribution in [0.1, 0.15) is 50.5 Å². The minimum atomic E-state index is -3.30. The second-order valence-electron chi connectivity index (χ2n) is 9.69. The standard InChI is InChI=1S/C25H35N3O3S/c1-25(19-31-22-13-11-21(12-14-22)20-8-4-3-5-9-20)18-28(24-10-6-7-16-26-24)17-15-23(25)27-32(2,29)30/h3-10,16,21-23,27H,11-15,17-19H2,1-2H3/t21-,22+,23-,25-/m0/s1. The van der Waals surface area contributed by atoms with E-state index in [-0.39, 0.29) is 17.6 Å². The van der Waals surface area contributed by atoms with Crippen molar-refractivity contribution in [2.75, 3.05) is 30.9 Å². The van der Waals surface area contributed by atoms with Gasteiger partial charge in [-0.2, -0.15) is 0 Å². The fraction of sp³-hybridized carbons (Fsp3) is 0.560. The molecule has 174 valence electrons. The molecule has 0 unspecified atom stereocenters. The zero-order valence-corrected chi connectivity index (χ0v) is 19.9. The number of sulfonamides is 1. The Hall–Kier alpha value is -1.96. The highest BCUT2D eigenvalue weighted by Gasteiger charge is 2.42. The highest BCUT2D eigenvalue weighted by atomic mass is 32.2. The first-order valence-electron chi connectivity index (χ1n) is 11.6. The summed E-state index contributed by atoms with van der Waals surface area (Å²) in [6.45, 7) is 4.14. The number of ether oxygens (including phenoxy) is 1. The maximum absolute atomic E-state index is 12.0. The number of nitrogens with zero attached hydrogens (tertiary/aromatic N) is 2. The first-order valence-corrected chi connectivity index (χ1v) is 13.5. The summed E-state index contributed by atoms with van der Waals surface area (Å²) in [6, 6.07) is 16.5. The third-order valence-corrected chi connectivity index (χ3v) is 7.72. The zero-order chi connectivity index (χ0) is 22.6. The second kappa shape index (κ2) is 9.89. The van der Waals surface area contributed by atoms with Crippen molar-refractivity contribution in [2.24, 2.45) is 5.41 Å². The van der Waals surface area contributed by atoms with Gasteiger partial charge in [0.05, 0.1) is 19.0 Å². The van der Waals surface area contributed by atoms with Gasteiger partial charge >= 0.3 is 0 Å². The van der Waals surface area contributed by atoms with Gasteiger partial charge in [-0.1, -0.05) is 43.3 Å². The Morgan fingerprint density at radius 3 is 2.44 bits per heavy atom. The molecule has 2 aliphatic rings. The van der Waals surface area contributed by atoms with E-state index in [1.165, 1.54) is 11.8 Å². The molecule has 1 aliphatic heterocycles. The number of aromatic nitrogens is 1. The third-order valence-electron chi connectivity index (χ3n) is 7.00. The van der Waals surface area contributed by atoms with E-state index in [0.717, 1.165) is 44.5 Å². The smallest absolute Gasteiger partial charge is 0.208 e. The molecule has 1 saturated carbocycles. The minimum Gasteiger partial charge on any atom is -0.378 e. The van der Waals surface area contributed by atoms with E-state index in [1.54, 1.807) is 6.20 Å². The summed E-state index contributed by atoms with van der Waals surface area (Å²) in [6.07, 6.45) is 8.36. The van der Waals surface area contributed by atoms with Gasteiger partial charge in [0, 0.05) is 30.7 Å². The Morgan fingerprint density at radius 2 is 1.78 bits per heavy atom. The van der Waals surface area contributed by atoms with Crippen molar-refractivity contribution in [1.82, 2.24) is 9.71 Å². The quantitative estimate of drug-likeness (QED) is 0.681. The molecule has 1 aromatic carbocycles. The molecule has 2 heterocycles. The summed E-state index contributed by atoms with van der Waals surface area (Å²) in [4.78, 5) is 6.75. The van der Waals surface area contributed by atoms with Gasteiger partial charge in [0.25, 0.3) is 0 Å². The van der Waals surface area contributed by atoms with E-state index in [0.29, 0.717) is 19.1 Å². The van der Waals surface area contributed by atoms with Gasteiger partial charge in [0.15, 0.2) is 0 Å². The van der Waals surface area contributed by atoms with Crippen LogP contribution in [-0.4, -0.2) is 51.5 Å². The molecule has 4 rings (SSSR count). The number of rotatable bonds is 7. The molecule has 1 aromatic heterocycles. The lowest BCUT2D eigenvalue weighted by molar-refractivity contribution is -0.0344. The lowest BCUT2D eigenvalue weighted by Crippen LogP contribution is -2.59. The van der Waals surface area contributed by atoms with Crippen molar-refractivity contribution in [3.63, 3.8) is 0 Å². The molecule has 6 nitrogen and oxygen atoms in total. The monoisotopic (exact) mass is 457 g/mol. The number of anilines is 1. The van der Waals surface area contributed by atoms with Crippen molar-refractivity contribution in [2.45, 2.75) is 57.1 Å². The topological polar surface area (TPSA) is 71.5 Å². The molecule has 2 aromatic rings. The van der Waals surface area contributed by atoms with Gasteiger partial charge in [0.2, 0.25) is 10.0 Å². The Labute approximate surface area is 192 Å². The van der Waals surface area contributed by atoms with Crippen LogP contribution >= 0.6 is 0 Å². The van der Waals surface area contributed by atoms with Gasteiger partial charge < -0.3 is 9.64 Å². The molecule has 0 bridgehead atoms. The molecule has 0 spiro atoms. The molecular weight excluding hydrogens is 422 g/mol. The average molecular weight is 458 g/mol. The number of pyridine rings is 1. The highest BCUT2D eigenvalue weighted by Crippen LogP contribution is 2.37. The first kappa shape index (κ1) is 23.2. The molecule has 1 saturated heterocycles. The molecule has 2 fully saturated rings. The largest absolute Gasteiger partial charge is 0.378 e. The highest BCUT2D eigenvalue weighted by molar-refractivity contribution is 7.88. The van der Waals surface area contributed by atoms with E-state index < -0.39 is 10.0 Å². The number of nitrogens with one attached hydrogen (secondary N) is 1. The van der Waals surface area contributed by atoms with Gasteiger partial charge in [-0.25, -0.2) is 18.1 Å². The van der Waals surface area contributed by atoms with Gasteiger partial charge in [0.1, 0.15) is 5.82 Å². The van der Waals surface area contributed by atoms with Gasteiger partial charge in [-0.05, 0) is 55.7 Å². The summed E-state index contributed by atoms with van der Waals surface area (Å²) in [5, 5.41) is 0. The van der Waals surface area contributed by atoms with Gasteiger partial charge in [-0.3, -0.25) is 0 Å². The van der Waals surface area contributed by atoms with Crippen LogP contribution in [0.2, 0.25) is 0 Å². The second-order valence-corrected chi connectivity index (χ2v) is 11.5. The van der Waals surface area contributed by atoms with Crippen molar-refractivity contribution in [1.29, 1.82) is 0 Å². The lowest BCUT2D eigenvalue weighted by atomic mass is 9.78. The van der Waals surface area contributed by atoms with Crippen LogP contribution in [0.15, 0.2) is 54.7 Å². The summed E-state index contributed by atoms with van der Waals surface area (Å²) in [5.74, 6) is 1.54. The lowest BCUT2D eigenvalue weighted by Gasteiger charge is -2.47. The fourth-order valence-corrected chi connectivity index (χ4v) is 6.12. The Balaban J connectivity index is 1.40. The molecular formula is C25H35N3O3S. The van der Waals surface area contributed by atoms with E-state index in [4.69, 9.17) is 4.74 Å². The average Bonchev–Trinajstić information content (AvgIpc) is 2.80. The zero-order valence-electron chi connectivity index (χ0n) is 19.1. The molecule has 1 N–H and O–H groups in total. The predicted octanol–water partition coefficient (Wildman–Crippen LogP) is 3.96. The van der Waals surface area contributed by atoms with Crippen molar-refractivity contribution in [3.8, 4) is 0 Å². The molecule has 1 aliphatic carbocycles. The Morgan fingerprint density at radius 1 is 1.06 bits per heavy atom. The number of piperidine rings is 1. The first-order chi connectivity index (χ1) is 15.3. The third kappa shape index (κ3) is 5.88. The minimum absolute atomic E-state index is 0.155. The number of hydrogen-bond donors (Lipinski definition) is 1. The van der Waals surface area contributed by atoms with Crippen LogP contribution in [-0.2, 0) is 14.8 Å². The van der Waals surface area contributed by atoms with Crippen LogP contribution in [0.4, 0.5) is 5.82 Å². The Kier molecular flexibility index (Phi) is 7.17. The van der Waals surface area contributed by atoms with Crippen molar-refractivity contribution in [3.05, 3.63) is 60.3 Å². The van der Waals surface area contributed by atoms with Gasteiger partial charge in [-0.15, -0.1) is 0 Å². The maximum Gasteiger partial charge on any atom is 0.208 e. The predicted molar refractivity (Wildman–Crippen MR) is 128 cm³/mol. The maximum atomic E-state index is 12.0. The summed E-state index contributed by atoms with van der Waals surface area (Å²) in [5.41, 5.74) is 1.09. The van der Waals surface area contributed by atoms with Crippen LogP contribution in [0.25, 0.3) is 0 Å². The van der Waals surface area contributed by atoms with Crippen LogP contribution < -0.4 is 9.62 Å². The molecule has 0 amide bonds. The molecule has 0 radical (unpaired) electrons. The van der Waals surface area contributed by atoms with E-state index >= 15 is 0 Å². The summed E-state index contributed by atoms with van der Waals surface area (Å²) < 4.78 is 33.4. The SMILES string of the molecule is C[C@@]1(CO[C@H]2CC[C@@H](c3ccccc3)CC2)CN(c2ccccn2)CC[C@@H]1NS(C)(=O)=O.